The monoisotopic (exact) mass is 434 g/mol. The molecule has 0 bridgehead atoms. The smallest absolute Gasteiger partial charge is 0.290 e. The predicted octanol–water partition coefficient (Wildman–Crippen LogP) is 4.76. The van der Waals surface area contributed by atoms with Crippen molar-refractivity contribution in [3.63, 3.8) is 0 Å². The lowest BCUT2D eigenvalue weighted by molar-refractivity contribution is 0.174. The molecular weight excluding hydrogens is 408 g/mol. The van der Waals surface area contributed by atoms with E-state index >= 15 is 0 Å². The molecule has 1 saturated heterocycles. The van der Waals surface area contributed by atoms with Gasteiger partial charge in [-0.2, -0.15) is 5.26 Å². The zero-order chi connectivity index (χ0) is 21.8. The molecule has 5 nitrogen and oxygen atoms in total. The Morgan fingerprint density at radius 1 is 1.03 bits per heavy atom. The lowest BCUT2D eigenvalue weighted by atomic mass is 9.74. The van der Waals surface area contributed by atoms with Crippen LogP contribution in [0.25, 0.3) is 5.69 Å². The number of rotatable bonds is 6. The summed E-state index contributed by atoms with van der Waals surface area (Å²) in [7, 11) is 0. The van der Waals surface area contributed by atoms with Crippen LogP contribution >= 0.6 is 11.6 Å². The maximum atomic E-state index is 13.0. The second kappa shape index (κ2) is 9.13. The normalized spacial score (nSPS) is 16.2. The molecule has 0 unspecified atom stereocenters. The number of hydrogen-bond acceptors (Lipinski definition) is 3. The summed E-state index contributed by atoms with van der Waals surface area (Å²) in [6.45, 7) is 4.99. The molecule has 4 rings (SSSR count). The number of para-hydroxylation sites is 1. The molecular formula is C25H27ClN4O. The Hall–Kier alpha value is -2.81. The van der Waals surface area contributed by atoms with E-state index in [0.29, 0.717) is 13.1 Å². The SMILES string of the molecule is CCCn1c(CN2CCC(C#N)(c3ccccc3)CC2)c(Cl)c(=O)n1-c1ccccc1. The lowest BCUT2D eigenvalue weighted by Crippen LogP contribution is -2.41. The number of aromatic nitrogens is 2. The molecule has 0 spiro atoms. The highest BCUT2D eigenvalue weighted by atomic mass is 35.5. The first-order chi connectivity index (χ1) is 15.1. The molecule has 0 aliphatic carbocycles. The van der Waals surface area contributed by atoms with Gasteiger partial charge in [-0.05, 0) is 37.0 Å². The highest BCUT2D eigenvalue weighted by Gasteiger charge is 2.37. The van der Waals surface area contributed by atoms with Gasteiger partial charge in [-0.25, -0.2) is 4.68 Å². The third-order valence-electron chi connectivity index (χ3n) is 6.25. The molecule has 0 radical (unpaired) electrons. The summed E-state index contributed by atoms with van der Waals surface area (Å²) in [6, 6.07) is 22.3. The summed E-state index contributed by atoms with van der Waals surface area (Å²) in [6.07, 6.45) is 2.43. The maximum absolute atomic E-state index is 13.0. The number of hydrogen-bond donors (Lipinski definition) is 0. The van der Waals surface area contributed by atoms with Gasteiger partial charge in [0.05, 0.1) is 22.9 Å². The van der Waals surface area contributed by atoms with Crippen molar-refractivity contribution in [1.29, 1.82) is 5.26 Å². The average molecular weight is 435 g/mol. The van der Waals surface area contributed by atoms with Crippen LogP contribution in [0.3, 0.4) is 0 Å². The van der Waals surface area contributed by atoms with Crippen molar-refractivity contribution in [3.8, 4) is 11.8 Å². The summed E-state index contributed by atoms with van der Waals surface area (Å²) in [4.78, 5) is 15.3. The third kappa shape index (κ3) is 4.06. The highest BCUT2D eigenvalue weighted by Crippen LogP contribution is 2.35. The topological polar surface area (TPSA) is 54.0 Å². The van der Waals surface area contributed by atoms with E-state index < -0.39 is 5.41 Å². The summed E-state index contributed by atoms with van der Waals surface area (Å²) >= 11 is 6.57. The van der Waals surface area contributed by atoms with E-state index in [1.54, 1.807) is 4.68 Å². The van der Waals surface area contributed by atoms with Gasteiger partial charge >= 0.3 is 0 Å². The van der Waals surface area contributed by atoms with Crippen molar-refractivity contribution in [2.24, 2.45) is 0 Å². The molecule has 6 heteroatoms. The number of benzene rings is 2. The van der Waals surface area contributed by atoms with Crippen LogP contribution in [0.2, 0.25) is 5.02 Å². The molecule has 31 heavy (non-hydrogen) atoms. The van der Waals surface area contributed by atoms with Gasteiger partial charge in [-0.3, -0.25) is 14.4 Å². The van der Waals surface area contributed by atoms with Crippen molar-refractivity contribution in [3.05, 3.63) is 87.3 Å². The minimum atomic E-state index is -0.444. The molecule has 0 N–H and O–H groups in total. The molecule has 1 fully saturated rings. The van der Waals surface area contributed by atoms with Crippen molar-refractivity contribution < 1.29 is 0 Å². The second-order valence-electron chi connectivity index (χ2n) is 8.17. The van der Waals surface area contributed by atoms with Crippen LogP contribution in [0.1, 0.15) is 37.4 Å². The van der Waals surface area contributed by atoms with Gasteiger partial charge in [-0.15, -0.1) is 0 Å². The van der Waals surface area contributed by atoms with Crippen molar-refractivity contribution >= 4 is 11.6 Å². The van der Waals surface area contributed by atoms with E-state index in [1.165, 1.54) is 0 Å². The summed E-state index contributed by atoms with van der Waals surface area (Å²) in [5.74, 6) is 0. The fraction of sp³-hybridized carbons (Fsp3) is 0.360. The van der Waals surface area contributed by atoms with Gasteiger partial charge in [0.15, 0.2) is 0 Å². The van der Waals surface area contributed by atoms with Crippen LogP contribution < -0.4 is 5.56 Å². The lowest BCUT2D eigenvalue weighted by Gasteiger charge is -2.37. The molecule has 160 valence electrons. The Labute approximate surface area is 188 Å². The van der Waals surface area contributed by atoms with E-state index in [0.717, 1.165) is 49.3 Å². The summed E-state index contributed by atoms with van der Waals surface area (Å²) in [5, 5.41) is 10.2. The van der Waals surface area contributed by atoms with E-state index in [-0.39, 0.29) is 10.6 Å². The number of nitrogens with zero attached hydrogens (tertiary/aromatic N) is 4. The Kier molecular flexibility index (Phi) is 6.31. The fourth-order valence-corrected chi connectivity index (χ4v) is 4.75. The minimum Gasteiger partial charge on any atom is -0.297 e. The van der Waals surface area contributed by atoms with Crippen LogP contribution in [0.15, 0.2) is 65.5 Å². The van der Waals surface area contributed by atoms with E-state index in [9.17, 15) is 10.1 Å². The molecule has 1 aromatic heterocycles. The standard InChI is InChI=1S/C25H27ClN4O/c1-2-15-29-22(23(26)24(31)30(29)21-11-7-4-8-12-21)18-28-16-13-25(19-27,14-17-28)20-9-5-3-6-10-20/h3-12H,2,13-18H2,1H3. The van der Waals surface area contributed by atoms with Crippen LogP contribution in [0, 0.1) is 11.3 Å². The van der Waals surface area contributed by atoms with Crippen LogP contribution in [-0.4, -0.2) is 27.4 Å². The zero-order valence-electron chi connectivity index (χ0n) is 17.8. The van der Waals surface area contributed by atoms with Crippen molar-refractivity contribution in [2.45, 2.75) is 44.7 Å². The van der Waals surface area contributed by atoms with E-state index in [1.807, 2.05) is 53.2 Å². The first-order valence-corrected chi connectivity index (χ1v) is 11.2. The fourth-order valence-electron chi connectivity index (χ4n) is 4.51. The number of piperidine rings is 1. The molecule has 0 saturated carbocycles. The van der Waals surface area contributed by atoms with E-state index in [2.05, 4.69) is 30.0 Å². The number of nitriles is 1. The molecule has 1 aliphatic heterocycles. The van der Waals surface area contributed by atoms with Gasteiger partial charge in [0.2, 0.25) is 0 Å². The predicted molar refractivity (Wildman–Crippen MR) is 124 cm³/mol. The van der Waals surface area contributed by atoms with Gasteiger partial charge in [0.1, 0.15) is 5.02 Å². The largest absolute Gasteiger partial charge is 0.297 e. The van der Waals surface area contributed by atoms with Crippen LogP contribution in [0.4, 0.5) is 0 Å². The Morgan fingerprint density at radius 2 is 1.65 bits per heavy atom. The Bertz CT molecular complexity index is 1120. The van der Waals surface area contributed by atoms with Gasteiger partial charge in [0.25, 0.3) is 5.56 Å². The zero-order valence-corrected chi connectivity index (χ0v) is 18.6. The Morgan fingerprint density at radius 3 is 2.23 bits per heavy atom. The van der Waals surface area contributed by atoms with Gasteiger partial charge in [-0.1, -0.05) is 67.1 Å². The van der Waals surface area contributed by atoms with E-state index in [4.69, 9.17) is 11.6 Å². The summed E-state index contributed by atoms with van der Waals surface area (Å²) in [5.41, 5.74) is 2.14. The average Bonchev–Trinajstić information content (AvgIpc) is 3.05. The van der Waals surface area contributed by atoms with Crippen LogP contribution in [-0.2, 0) is 18.5 Å². The first kappa shape index (κ1) is 21.4. The van der Waals surface area contributed by atoms with Gasteiger partial charge < -0.3 is 0 Å². The first-order valence-electron chi connectivity index (χ1n) is 10.8. The van der Waals surface area contributed by atoms with Crippen molar-refractivity contribution in [2.75, 3.05) is 13.1 Å². The van der Waals surface area contributed by atoms with Crippen LogP contribution in [0.5, 0.6) is 0 Å². The van der Waals surface area contributed by atoms with Gasteiger partial charge in [0, 0.05) is 26.2 Å². The summed E-state index contributed by atoms with van der Waals surface area (Å²) < 4.78 is 3.71. The molecule has 0 atom stereocenters. The number of likely N-dealkylation sites (tertiary alicyclic amines) is 1. The maximum Gasteiger partial charge on any atom is 0.290 e. The quantitative estimate of drug-likeness (QED) is 0.562. The molecule has 2 heterocycles. The number of halogens is 1. The molecule has 1 aliphatic rings. The molecule has 2 aromatic carbocycles. The highest BCUT2D eigenvalue weighted by molar-refractivity contribution is 6.31. The third-order valence-corrected chi connectivity index (χ3v) is 6.63. The Balaban J connectivity index is 1.60. The molecule has 3 aromatic rings. The minimum absolute atomic E-state index is 0.177. The van der Waals surface area contributed by atoms with Crippen molar-refractivity contribution in [1.82, 2.24) is 14.3 Å². The molecule has 0 amide bonds. The second-order valence-corrected chi connectivity index (χ2v) is 8.55.